The van der Waals surface area contributed by atoms with E-state index in [9.17, 15) is 0 Å². The number of benzene rings is 1. The second-order valence-electron chi connectivity index (χ2n) is 4.26. The Morgan fingerprint density at radius 3 is 2.89 bits per heavy atom. The highest BCUT2D eigenvalue weighted by atomic mass is 79.9. The molecule has 0 amide bonds. The largest absolute Gasteiger partial charge is 0.497 e. The van der Waals surface area contributed by atoms with Gasteiger partial charge in [0.2, 0.25) is 0 Å². The van der Waals surface area contributed by atoms with Crippen molar-refractivity contribution in [1.29, 1.82) is 0 Å². The molecule has 1 atom stereocenters. The van der Waals surface area contributed by atoms with Crippen LogP contribution >= 0.6 is 15.9 Å². The normalized spacial score (nSPS) is 12.2. The number of ether oxygens (including phenoxy) is 1. The maximum atomic E-state index is 5.30. The van der Waals surface area contributed by atoms with Gasteiger partial charge in [-0.05, 0) is 49.6 Å². The zero-order valence-electron chi connectivity index (χ0n) is 11.2. The molecule has 1 N–H and O–H groups in total. The smallest absolute Gasteiger partial charge is 0.119 e. The summed E-state index contributed by atoms with van der Waals surface area (Å²) in [5, 5.41) is 3.58. The summed E-state index contributed by atoms with van der Waals surface area (Å²) in [5.41, 5.74) is 1.25. The maximum Gasteiger partial charge on any atom is 0.119 e. The van der Waals surface area contributed by atoms with Crippen LogP contribution < -0.4 is 10.1 Å². The summed E-state index contributed by atoms with van der Waals surface area (Å²) < 4.78 is 6.43. The zero-order chi connectivity index (χ0) is 13.4. The van der Waals surface area contributed by atoms with E-state index in [1.54, 1.807) is 7.11 Å². The summed E-state index contributed by atoms with van der Waals surface area (Å²) in [5.74, 6) is 0.898. The molecule has 0 aliphatic carbocycles. The second kappa shape index (κ2) is 8.33. The first-order chi connectivity index (χ1) is 8.72. The van der Waals surface area contributed by atoms with E-state index in [4.69, 9.17) is 4.74 Å². The topological polar surface area (TPSA) is 21.3 Å². The number of allylic oxidation sites excluding steroid dienone is 1. The van der Waals surface area contributed by atoms with Crippen molar-refractivity contribution in [2.45, 2.75) is 32.2 Å². The lowest BCUT2D eigenvalue weighted by atomic mass is 10.0. The average molecular weight is 312 g/mol. The molecule has 0 bridgehead atoms. The van der Waals surface area contributed by atoms with Crippen LogP contribution in [0.1, 0.15) is 37.8 Å². The van der Waals surface area contributed by atoms with Crippen molar-refractivity contribution in [3.63, 3.8) is 0 Å². The second-order valence-corrected chi connectivity index (χ2v) is 5.11. The molecule has 0 aliphatic rings. The average Bonchev–Trinajstić information content (AvgIpc) is 2.40. The molecule has 0 saturated carbocycles. The Morgan fingerprint density at radius 1 is 1.50 bits per heavy atom. The highest BCUT2D eigenvalue weighted by Gasteiger charge is 2.14. The number of nitrogens with one attached hydrogen (secondary N) is 1. The van der Waals surface area contributed by atoms with Gasteiger partial charge in [0, 0.05) is 10.5 Å². The SMILES string of the molecule is C=CCCC(NCCC)c1cc(OC)ccc1Br. The molecule has 1 rings (SSSR count). The van der Waals surface area contributed by atoms with Gasteiger partial charge in [0.25, 0.3) is 0 Å². The van der Waals surface area contributed by atoms with Gasteiger partial charge in [0.1, 0.15) is 5.75 Å². The lowest BCUT2D eigenvalue weighted by Crippen LogP contribution is -2.22. The third kappa shape index (κ3) is 4.46. The van der Waals surface area contributed by atoms with Crippen molar-refractivity contribution in [1.82, 2.24) is 5.32 Å². The van der Waals surface area contributed by atoms with E-state index in [1.807, 2.05) is 18.2 Å². The van der Waals surface area contributed by atoms with E-state index in [1.165, 1.54) is 5.56 Å². The summed E-state index contributed by atoms with van der Waals surface area (Å²) in [7, 11) is 1.70. The molecule has 0 spiro atoms. The first-order valence-electron chi connectivity index (χ1n) is 6.40. The van der Waals surface area contributed by atoms with Gasteiger partial charge >= 0.3 is 0 Å². The fourth-order valence-electron chi connectivity index (χ4n) is 1.89. The third-order valence-electron chi connectivity index (χ3n) is 2.88. The number of hydrogen-bond donors (Lipinski definition) is 1. The van der Waals surface area contributed by atoms with Crippen molar-refractivity contribution in [2.75, 3.05) is 13.7 Å². The summed E-state index contributed by atoms with van der Waals surface area (Å²) in [6.45, 7) is 7.00. The predicted molar refractivity (Wildman–Crippen MR) is 81.2 cm³/mol. The molecule has 0 radical (unpaired) electrons. The van der Waals surface area contributed by atoms with Crippen molar-refractivity contribution in [3.05, 3.63) is 40.9 Å². The molecule has 100 valence electrons. The van der Waals surface area contributed by atoms with Crippen LogP contribution in [0.3, 0.4) is 0 Å². The lowest BCUT2D eigenvalue weighted by Gasteiger charge is -2.20. The molecule has 3 heteroatoms. The predicted octanol–water partition coefficient (Wildman–Crippen LogP) is 4.46. The molecule has 1 aromatic carbocycles. The van der Waals surface area contributed by atoms with Crippen molar-refractivity contribution >= 4 is 15.9 Å². The number of methoxy groups -OCH3 is 1. The van der Waals surface area contributed by atoms with E-state index in [2.05, 4.69) is 40.8 Å². The number of hydrogen-bond acceptors (Lipinski definition) is 2. The fraction of sp³-hybridized carbons (Fsp3) is 0.467. The van der Waals surface area contributed by atoms with Crippen molar-refractivity contribution in [2.24, 2.45) is 0 Å². The van der Waals surface area contributed by atoms with E-state index in [-0.39, 0.29) is 0 Å². The standard InChI is InChI=1S/C15H22BrNO/c1-4-6-7-15(17-10-5-2)13-11-12(18-3)8-9-14(13)16/h4,8-9,11,15,17H,1,5-7,10H2,2-3H3. The molecule has 0 saturated heterocycles. The van der Waals surface area contributed by atoms with Gasteiger partial charge in [0.15, 0.2) is 0 Å². The van der Waals surface area contributed by atoms with Crippen LogP contribution in [-0.4, -0.2) is 13.7 Å². The van der Waals surface area contributed by atoms with E-state index < -0.39 is 0 Å². The van der Waals surface area contributed by atoms with Crippen LogP contribution in [0.5, 0.6) is 5.75 Å². The van der Waals surface area contributed by atoms with Crippen LogP contribution in [0.25, 0.3) is 0 Å². The quantitative estimate of drug-likeness (QED) is 0.715. The lowest BCUT2D eigenvalue weighted by molar-refractivity contribution is 0.412. The summed E-state index contributed by atoms with van der Waals surface area (Å²) in [6.07, 6.45) is 5.15. The van der Waals surface area contributed by atoms with Gasteiger partial charge in [0.05, 0.1) is 7.11 Å². The van der Waals surface area contributed by atoms with Gasteiger partial charge in [-0.2, -0.15) is 0 Å². The molecule has 1 aromatic rings. The molecule has 1 unspecified atom stereocenters. The molecule has 0 aliphatic heterocycles. The highest BCUT2D eigenvalue weighted by molar-refractivity contribution is 9.10. The van der Waals surface area contributed by atoms with E-state index in [0.717, 1.165) is 36.0 Å². The summed E-state index contributed by atoms with van der Waals surface area (Å²) in [4.78, 5) is 0. The van der Waals surface area contributed by atoms with Crippen molar-refractivity contribution < 1.29 is 4.74 Å². The Labute approximate surface area is 119 Å². The van der Waals surface area contributed by atoms with Crippen LogP contribution in [0.4, 0.5) is 0 Å². The first-order valence-corrected chi connectivity index (χ1v) is 7.20. The number of rotatable bonds is 8. The fourth-order valence-corrected chi connectivity index (χ4v) is 2.41. The van der Waals surface area contributed by atoms with Crippen LogP contribution in [-0.2, 0) is 0 Å². The maximum absolute atomic E-state index is 5.30. The van der Waals surface area contributed by atoms with E-state index in [0.29, 0.717) is 6.04 Å². The Hall–Kier alpha value is -0.800. The summed E-state index contributed by atoms with van der Waals surface area (Å²) in [6, 6.07) is 6.45. The Bertz CT molecular complexity index is 379. The molecule has 18 heavy (non-hydrogen) atoms. The van der Waals surface area contributed by atoms with Crippen molar-refractivity contribution in [3.8, 4) is 5.75 Å². The first kappa shape index (κ1) is 15.3. The molecular formula is C15H22BrNO. The monoisotopic (exact) mass is 311 g/mol. The molecule has 0 fully saturated rings. The van der Waals surface area contributed by atoms with Gasteiger partial charge in [-0.15, -0.1) is 6.58 Å². The Morgan fingerprint density at radius 2 is 2.28 bits per heavy atom. The molecule has 2 nitrogen and oxygen atoms in total. The van der Waals surface area contributed by atoms with E-state index >= 15 is 0 Å². The summed E-state index contributed by atoms with van der Waals surface area (Å²) >= 11 is 3.62. The minimum absolute atomic E-state index is 0.340. The Kier molecular flexibility index (Phi) is 7.06. The molecule has 0 heterocycles. The molecule has 0 aromatic heterocycles. The van der Waals surface area contributed by atoms with Crippen LogP contribution in [0, 0.1) is 0 Å². The third-order valence-corrected chi connectivity index (χ3v) is 3.60. The number of halogens is 1. The highest BCUT2D eigenvalue weighted by Crippen LogP contribution is 2.30. The van der Waals surface area contributed by atoms with Crippen LogP contribution in [0.15, 0.2) is 35.3 Å². The molecular weight excluding hydrogens is 290 g/mol. The van der Waals surface area contributed by atoms with Gasteiger partial charge in [-0.3, -0.25) is 0 Å². The zero-order valence-corrected chi connectivity index (χ0v) is 12.8. The van der Waals surface area contributed by atoms with Gasteiger partial charge < -0.3 is 10.1 Å². The Balaban J connectivity index is 2.90. The van der Waals surface area contributed by atoms with Crippen LogP contribution in [0.2, 0.25) is 0 Å². The van der Waals surface area contributed by atoms with Gasteiger partial charge in [-0.1, -0.05) is 28.9 Å². The minimum atomic E-state index is 0.340. The minimum Gasteiger partial charge on any atom is -0.497 e. The van der Waals surface area contributed by atoms with Gasteiger partial charge in [-0.25, -0.2) is 0 Å².